The van der Waals surface area contributed by atoms with Crippen LogP contribution in [0, 0.1) is 0 Å². The number of hydrogen-bond acceptors (Lipinski definition) is 4. The number of nitrogens with zero attached hydrogens (tertiary/aromatic N) is 1. The normalized spacial score (nSPS) is 16.1. The summed E-state index contributed by atoms with van der Waals surface area (Å²) in [5, 5.41) is 10.5. The molecule has 1 aliphatic rings. The molecule has 0 saturated heterocycles. The lowest BCUT2D eigenvalue weighted by Gasteiger charge is -2.28. The van der Waals surface area contributed by atoms with E-state index in [4.69, 9.17) is 9.47 Å². The molecule has 0 radical (unpaired) electrons. The summed E-state index contributed by atoms with van der Waals surface area (Å²) in [7, 11) is 2.07. The Hall–Kier alpha value is -1.26. The van der Waals surface area contributed by atoms with Gasteiger partial charge in [0, 0.05) is 19.0 Å². The summed E-state index contributed by atoms with van der Waals surface area (Å²) < 4.78 is 11.3. The van der Waals surface area contributed by atoms with E-state index < -0.39 is 6.10 Å². The number of hydrogen-bond donors (Lipinski definition) is 1. The number of likely N-dealkylation sites (N-methyl/N-ethyl adjacent to an activating group) is 1. The molecule has 21 heavy (non-hydrogen) atoms. The average molecular weight is 293 g/mol. The van der Waals surface area contributed by atoms with Crippen molar-refractivity contribution in [1.82, 2.24) is 4.90 Å². The van der Waals surface area contributed by atoms with Crippen LogP contribution in [0.5, 0.6) is 11.5 Å². The second kappa shape index (κ2) is 7.66. The van der Waals surface area contributed by atoms with Gasteiger partial charge in [-0.2, -0.15) is 0 Å². The van der Waals surface area contributed by atoms with Crippen molar-refractivity contribution in [3.8, 4) is 11.5 Å². The van der Waals surface area contributed by atoms with Crippen LogP contribution in [-0.4, -0.2) is 42.9 Å². The second-order valence-corrected chi connectivity index (χ2v) is 5.68. The molecule has 0 amide bonds. The van der Waals surface area contributed by atoms with E-state index in [9.17, 15) is 5.11 Å². The lowest BCUT2D eigenvalue weighted by Crippen LogP contribution is -2.34. The molecule has 0 saturated carbocycles. The maximum atomic E-state index is 10.5. The van der Waals surface area contributed by atoms with Crippen LogP contribution in [0.4, 0.5) is 0 Å². The van der Waals surface area contributed by atoms with Gasteiger partial charge in [-0.25, -0.2) is 0 Å². The molecule has 1 aliphatic heterocycles. The Morgan fingerprint density at radius 1 is 1.14 bits per heavy atom. The maximum Gasteiger partial charge on any atom is 0.161 e. The van der Waals surface area contributed by atoms with Crippen molar-refractivity contribution in [2.75, 3.05) is 26.8 Å². The molecule has 4 heteroatoms. The summed E-state index contributed by atoms with van der Waals surface area (Å²) in [4.78, 5) is 2.23. The van der Waals surface area contributed by atoms with Crippen LogP contribution in [0.1, 0.15) is 44.8 Å². The zero-order valence-corrected chi connectivity index (χ0v) is 13.3. The first-order valence-electron chi connectivity index (χ1n) is 7.93. The Labute approximate surface area is 127 Å². The molecular formula is C17H27NO3. The summed E-state index contributed by atoms with van der Waals surface area (Å²) in [6, 6.07) is 6.25. The summed E-state index contributed by atoms with van der Waals surface area (Å²) in [6.07, 6.45) is 2.58. The molecule has 1 heterocycles. The predicted molar refractivity (Wildman–Crippen MR) is 84.0 cm³/mol. The minimum Gasteiger partial charge on any atom is -0.490 e. The zero-order valence-electron chi connectivity index (χ0n) is 13.3. The van der Waals surface area contributed by atoms with E-state index in [1.54, 1.807) is 0 Å². The van der Waals surface area contributed by atoms with E-state index >= 15 is 0 Å². The lowest BCUT2D eigenvalue weighted by molar-refractivity contribution is 0.101. The fourth-order valence-electron chi connectivity index (χ4n) is 2.83. The standard InChI is InChI=1S/C17H27NO3/c1-4-14(5-2)18(3)12-15(19)13-7-8-16-17(11-13)21-10-6-9-20-16/h7-8,11,14-15,19H,4-6,9-10,12H2,1-3H3. The number of ether oxygens (including phenoxy) is 2. The van der Waals surface area contributed by atoms with Gasteiger partial charge < -0.3 is 19.5 Å². The summed E-state index contributed by atoms with van der Waals surface area (Å²) >= 11 is 0. The van der Waals surface area contributed by atoms with Crippen molar-refractivity contribution in [1.29, 1.82) is 0 Å². The van der Waals surface area contributed by atoms with Gasteiger partial charge >= 0.3 is 0 Å². The third-order valence-electron chi connectivity index (χ3n) is 4.18. The summed E-state index contributed by atoms with van der Waals surface area (Å²) in [6.45, 7) is 6.35. The molecule has 1 aromatic carbocycles. The monoisotopic (exact) mass is 293 g/mol. The van der Waals surface area contributed by atoms with Crippen LogP contribution >= 0.6 is 0 Å². The third kappa shape index (κ3) is 4.11. The fourth-order valence-corrected chi connectivity index (χ4v) is 2.83. The van der Waals surface area contributed by atoms with Gasteiger partial charge in [-0.3, -0.25) is 0 Å². The predicted octanol–water partition coefficient (Wildman–Crippen LogP) is 3.00. The van der Waals surface area contributed by atoms with Gasteiger partial charge in [0.1, 0.15) is 0 Å². The zero-order chi connectivity index (χ0) is 15.2. The Balaban J connectivity index is 2.05. The first kappa shape index (κ1) is 16.1. The SMILES string of the molecule is CCC(CC)N(C)CC(O)c1ccc2c(c1)OCCCO2. The number of aliphatic hydroxyl groups excluding tert-OH is 1. The van der Waals surface area contributed by atoms with E-state index in [-0.39, 0.29) is 0 Å². The molecule has 1 atom stereocenters. The van der Waals surface area contributed by atoms with Gasteiger partial charge in [-0.1, -0.05) is 19.9 Å². The highest BCUT2D eigenvalue weighted by molar-refractivity contribution is 5.44. The van der Waals surface area contributed by atoms with Gasteiger partial charge in [0.2, 0.25) is 0 Å². The highest BCUT2D eigenvalue weighted by atomic mass is 16.5. The van der Waals surface area contributed by atoms with E-state index in [1.807, 2.05) is 18.2 Å². The largest absolute Gasteiger partial charge is 0.490 e. The van der Waals surface area contributed by atoms with Crippen molar-refractivity contribution in [2.24, 2.45) is 0 Å². The van der Waals surface area contributed by atoms with Crippen LogP contribution in [0.25, 0.3) is 0 Å². The van der Waals surface area contributed by atoms with E-state index in [0.717, 1.165) is 36.3 Å². The second-order valence-electron chi connectivity index (χ2n) is 5.68. The van der Waals surface area contributed by atoms with Crippen molar-refractivity contribution in [3.63, 3.8) is 0 Å². The maximum absolute atomic E-state index is 10.5. The molecular weight excluding hydrogens is 266 g/mol. The van der Waals surface area contributed by atoms with Gasteiger partial charge in [0.25, 0.3) is 0 Å². The molecule has 4 nitrogen and oxygen atoms in total. The van der Waals surface area contributed by atoms with Gasteiger partial charge in [-0.15, -0.1) is 0 Å². The molecule has 2 rings (SSSR count). The summed E-state index contributed by atoms with van der Waals surface area (Å²) in [5.74, 6) is 1.52. The molecule has 1 aromatic rings. The molecule has 0 fully saturated rings. The Morgan fingerprint density at radius 2 is 1.81 bits per heavy atom. The number of fused-ring (bicyclic) bond motifs is 1. The Kier molecular flexibility index (Phi) is 5.88. The minimum absolute atomic E-state index is 0.507. The number of rotatable bonds is 6. The highest BCUT2D eigenvalue weighted by Gasteiger charge is 2.18. The Bertz CT molecular complexity index is 446. The van der Waals surface area contributed by atoms with Crippen molar-refractivity contribution in [3.05, 3.63) is 23.8 Å². The first-order chi connectivity index (χ1) is 10.2. The van der Waals surface area contributed by atoms with Crippen LogP contribution in [-0.2, 0) is 0 Å². The smallest absolute Gasteiger partial charge is 0.161 e. The molecule has 1 N–H and O–H groups in total. The highest BCUT2D eigenvalue weighted by Crippen LogP contribution is 2.32. The van der Waals surface area contributed by atoms with E-state index in [1.165, 1.54) is 0 Å². The topological polar surface area (TPSA) is 41.9 Å². The lowest BCUT2D eigenvalue weighted by atomic mass is 10.1. The molecule has 0 bridgehead atoms. The molecule has 0 spiro atoms. The van der Waals surface area contributed by atoms with Gasteiger partial charge in [0.15, 0.2) is 11.5 Å². The van der Waals surface area contributed by atoms with E-state index in [0.29, 0.717) is 25.8 Å². The van der Waals surface area contributed by atoms with Gasteiger partial charge in [-0.05, 0) is 37.6 Å². The quantitative estimate of drug-likeness (QED) is 0.875. The van der Waals surface area contributed by atoms with Gasteiger partial charge in [0.05, 0.1) is 19.3 Å². The minimum atomic E-state index is -0.507. The third-order valence-corrected chi connectivity index (χ3v) is 4.18. The fraction of sp³-hybridized carbons (Fsp3) is 0.647. The summed E-state index contributed by atoms with van der Waals surface area (Å²) in [5.41, 5.74) is 0.886. The average Bonchev–Trinajstić information content (AvgIpc) is 2.72. The molecule has 1 unspecified atom stereocenters. The van der Waals surface area contributed by atoms with Crippen LogP contribution in [0.15, 0.2) is 18.2 Å². The number of benzene rings is 1. The van der Waals surface area contributed by atoms with E-state index in [2.05, 4.69) is 25.8 Å². The van der Waals surface area contributed by atoms with Crippen molar-refractivity contribution in [2.45, 2.75) is 45.3 Å². The van der Waals surface area contributed by atoms with Crippen molar-refractivity contribution >= 4 is 0 Å². The van der Waals surface area contributed by atoms with Crippen LogP contribution < -0.4 is 9.47 Å². The van der Waals surface area contributed by atoms with Crippen LogP contribution in [0.3, 0.4) is 0 Å². The van der Waals surface area contributed by atoms with Crippen LogP contribution in [0.2, 0.25) is 0 Å². The number of aliphatic hydroxyl groups is 1. The molecule has 0 aliphatic carbocycles. The molecule has 118 valence electrons. The molecule has 0 aromatic heterocycles. The first-order valence-corrected chi connectivity index (χ1v) is 7.93. The van der Waals surface area contributed by atoms with Crippen molar-refractivity contribution < 1.29 is 14.6 Å². The Morgan fingerprint density at radius 3 is 2.48 bits per heavy atom.